The molecule has 0 aromatic heterocycles. The number of rotatable bonds is 15. The van der Waals surface area contributed by atoms with Gasteiger partial charge in [0.05, 0.1) is 11.3 Å². The summed E-state index contributed by atoms with van der Waals surface area (Å²) in [5.74, 6) is 0. The molecule has 0 bridgehead atoms. The van der Waals surface area contributed by atoms with Crippen molar-refractivity contribution in [2.75, 3.05) is 0 Å². The van der Waals surface area contributed by atoms with Crippen LogP contribution in [0.2, 0.25) is 0 Å². The first-order valence-electron chi connectivity index (χ1n) is 8.64. The van der Waals surface area contributed by atoms with Crippen molar-refractivity contribution in [1.82, 2.24) is 0 Å². The number of carbonyl (C=O) groups excluding carboxylic acids is 1. The summed E-state index contributed by atoms with van der Waals surface area (Å²) in [4.78, 5) is 20.9. The molecule has 0 unspecified atom stereocenters. The molecule has 0 fully saturated rings. The molecular weight excluding hydrogens is 278 g/mol. The fraction of sp³-hybridized carbons (Fsp3) is 0.722. The van der Waals surface area contributed by atoms with Gasteiger partial charge in [-0.15, -0.1) is 0 Å². The van der Waals surface area contributed by atoms with Crippen LogP contribution in [0.5, 0.6) is 0 Å². The van der Waals surface area contributed by atoms with Crippen LogP contribution in [0.3, 0.4) is 0 Å². The van der Waals surface area contributed by atoms with Crippen molar-refractivity contribution in [3.63, 3.8) is 0 Å². The van der Waals surface area contributed by atoms with Crippen LogP contribution in [0.1, 0.15) is 84.0 Å². The summed E-state index contributed by atoms with van der Waals surface area (Å²) < 4.78 is 0. The third kappa shape index (κ3) is 13.5. The Kier molecular flexibility index (Phi) is 14.9. The lowest BCUT2D eigenvalue weighted by molar-refractivity contribution is -0.427. The van der Waals surface area contributed by atoms with Crippen molar-refractivity contribution in [3.8, 4) is 0 Å². The fourth-order valence-electron chi connectivity index (χ4n) is 2.24. The minimum absolute atomic E-state index is 0.263. The van der Waals surface area contributed by atoms with Crippen molar-refractivity contribution in [1.29, 1.82) is 0 Å². The van der Waals surface area contributed by atoms with Crippen LogP contribution in [0.15, 0.2) is 23.9 Å². The topological polar surface area (TPSA) is 60.2 Å². The third-order valence-electron chi connectivity index (χ3n) is 3.61. The second-order valence-corrected chi connectivity index (χ2v) is 5.64. The van der Waals surface area contributed by atoms with E-state index in [2.05, 4.69) is 13.0 Å². The quantitative estimate of drug-likeness (QED) is 0.130. The first-order chi connectivity index (χ1) is 10.7. The molecule has 0 heterocycles. The number of unbranched alkanes of at least 4 members (excludes halogenated alkanes) is 9. The van der Waals surface area contributed by atoms with E-state index in [0.29, 0.717) is 18.5 Å². The summed E-state index contributed by atoms with van der Waals surface area (Å²) in [5.41, 5.74) is 0.313. The Bertz CT molecular complexity index is 348. The zero-order chi connectivity index (χ0) is 16.5. The molecule has 0 spiro atoms. The average Bonchev–Trinajstić information content (AvgIpc) is 2.50. The van der Waals surface area contributed by atoms with Gasteiger partial charge in [0.15, 0.2) is 0 Å². The number of aldehydes is 1. The number of allylic oxidation sites excluding steroid dienone is 3. The number of hydrogen-bond donors (Lipinski definition) is 0. The lowest BCUT2D eigenvalue weighted by Crippen LogP contribution is -1.97. The van der Waals surface area contributed by atoms with Crippen molar-refractivity contribution in [2.24, 2.45) is 0 Å². The molecule has 4 heteroatoms. The molecule has 0 amide bonds. The minimum atomic E-state index is -0.263. The van der Waals surface area contributed by atoms with E-state index in [9.17, 15) is 14.9 Å². The van der Waals surface area contributed by atoms with Crippen LogP contribution in [0.4, 0.5) is 0 Å². The maximum absolute atomic E-state index is 11.0. The molecular formula is C18H31NO3. The van der Waals surface area contributed by atoms with Crippen LogP contribution in [0, 0.1) is 10.1 Å². The van der Waals surface area contributed by atoms with Gasteiger partial charge in [0, 0.05) is 6.42 Å². The second-order valence-electron chi connectivity index (χ2n) is 5.64. The summed E-state index contributed by atoms with van der Waals surface area (Å²) in [6.45, 7) is 2.17. The molecule has 126 valence electrons. The van der Waals surface area contributed by atoms with Gasteiger partial charge in [0.2, 0.25) is 5.70 Å². The van der Waals surface area contributed by atoms with E-state index < -0.39 is 0 Å². The molecule has 0 aromatic carbocycles. The molecule has 0 aromatic rings. The molecule has 0 atom stereocenters. The average molecular weight is 309 g/mol. The molecule has 0 N–H and O–H groups in total. The summed E-state index contributed by atoms with van der Waals surface area (Å²) in [6.07, 6.45) is 18.3. The normalized spacial score (nSPS) is 12.0. The predicted molar refractivity (Wildman–Crippen MR) is 91.4 cm³/mol. The summed E-state index contributed by atoms with van der Waals surface area (Å²) in [6, 6.07) is 0. The lowest BCUT2D eigenvalue weighted by Gasteiger charge is -1.98. The Balaban J connectivity index is 3.82. The van der Waals surface area contributed by atoms with Gasteiger partial charge in [-0.1, -0.05) is 51.2 Å². The zero-order valence-electron chi connectivity index (χ0n) is 14.0. The zero-order valence-corrected chi connectivity index (χ0v) is 14.0. The van der Waals surface area contributed by atoms with Crippen molar-refractivity contribution >= 4 is 6.29 Å². The highest BCUT2D eigenvalue weighted by atomic mass is 16.6. The number of nitro groups is 1. The first kappa shape index (κ1) is 20.6. The maximum atomic E-state index is 11.0. The smallest absolute Gasteiger partial charge is 0.246 e. The number of carbonyl (C=O) groups is 1. The molecule has 0 radical (unpaired) electrons. The van der Waals surface area contributed by atoms with Crippen LogP contribution < -0.4 is 0 Å². The third-order valence-corrected chi connectivity index (χ3v) is 3.61. The summed E-state index contributed by atoms with van der Waals surface area (Å²) >= 11 is 0. The van der Waals surface area contributed by atoms with E-state index in [1.165, 1.54) is 12.8 Å². The second kappa shape index (κ2) is 15.9. The van der Waals surface area contributed by atoms with Crippen molar-refractivity contribution < 1.29 is 9.72 Å². The minimum Gasteiger partial charge on any atom is -0.303 e. The van der Waals surface area contributed by atoms with Crippen LogP contribution in [-0.4, -0.2) is 11.2 Å². The first-order valence-corrected chi connectivity index (χ1v) is 8.64. The predicted octanol–water partition coefficient (Wildman–Crippen LogP) is 5.60. The van der Waals surface area contributed by atoms with Gasteiger partial charge in [-0.3, -0.25) is 10.1 Å². The number of hydrogen-bond acceptors (Lipinski definition) is 3. The highest BCUT2D eigenvalue weighted by Gasteiger charge is 2.06. The van der Waals surface area contributed by atoms with Gasteiger partial charge in [-0.25, -0.2) is 0 Å². The van der Waals surface area contributed by atoms with E-state index in [-0.39, 0.29) is 4.92 Å². The fourth-order valence-corrected chi connectivity index (χ4v) is 2.24. The van der Waals surface area contributed by atoms with E-state index >= 15 is 0 Å². The Morgan fingerprint density at radius 3 is 2.18 bits per heavy atom. The molecule has 0 saturated heterocycles. The van der Waals surface area contributed by atoms with Gasteiger partial charge in [-0.05, 0) is 38.2 Å². The SMILES string of the molecule is CCCCC/C=C/C/C(=C/CCCCCCCC=O)[N+](=O)[O-]. The van der Waals surface area contributed by atoms with Crippen molar-refractivity contribution in [3.05, 3.63) is 34.0 Å². The Morgan fingerprint density at radius 2 is 1.55 bits per heavy atom. The van der Waals surface area contributed by atoms with E-state index in [1.54, 1.807) is 6.08 Å². The highest BCUT2D eigenvalue weighted by molar-refractivity contribution is 5.48. The molecule has 0 aliphatic rings. The van der Waals surface area contributed by atoms with Gasteiger partial charge in [-0.2, -0.15) is 0 Å². The standard InChI is InChI=1S/C18H31NO3/c1-2-3-4-5-9-12-15-18(19(21)22)16-13-10-7-6-8-11-14-17-20/h9,12,16-17H,2-8,10-11,13-15H2,1H3/b12-9+,18-16-. The van der Waals surface area contributed by atoms with Crippen LogP contribution in [-0.2, 0) is 4.79 Å². The van der Waals surface area contributed by atoms with E-state index in [1.807, 2.05) is 6.08 Å². The molecule has 22 heavy (non-hydrogen) atoms. The number of nitrogens with zero attached hydrogens (tertiary/aromatic N) is 1. The van der Waals surface area contributed by atoms with Crippen LogP contribution >= 0.6 is 0 Å². The van der Waals surface area contributed by atoms with Gasteiger partial charge >= 0.3 is 0 Å². The Morgan fingerprint density at radius 1 is 0.909 bits per heavy atom. The maximum Gasteiger partial charge on any atom is 0.246 e. The van der Waals surface area contributed by atoms with E-state index in [4.69, 9.17) is 0 Å². The van der Waals surface area contributed by atoms with Crippen molar-refractivity contribution in [2.45, 2.75) is 84.0 Å². The highest BCUT2D eigenvalue weighted by Crippen LogP contribution is 2.11. The lowest BCUT2D eigenvalue weighted by atomic mass is 10.1. The molecule has 0 aliphatic heterocycles. The summed E-state index contributed by atoms with van der Waals surface area (Å²) in [5, 5.41) is 11.0. The molecule has 0 aliphatic carbocycles. The van der Waals surface area contributed by atoms with Gasteiger partial charge in [0.25, 0.3) is 0 Å². The Hall–Kier alpha value is -1.45. The van der Waals surface area contributed by atoms with Gasteiger partial charge < -0.3 is 4.79 Å². The molecule has 0 rings (SSSR count). The van der Waals surface area contributed by atoms with E-state index in [0.717, 1.165) is 57.7 Å². The largest absolute Gasteiger partial charge is 0.303 e. The summed E-state index contributed by atoms with van der Waals surface area (Å²) in [7, 11) is 0. The van der Waals surface area contributed by atoms with Gasteiger partial charge in [0.1, 0.15) is 6.29 Å². The molecule has 4 nitrogen and oxygen atoms in total. The molecule has 0 saturated carbocycles. The van der Waals surface area contributed by atoms with Crippen LogP contribution in [0.25, 0.3) is 0 Å². The Labute approximate surface area is 134 Å². The monoisotopic (exact) mass is 309 g/mol.